The molecule has 1 aromatic carbocycles. The lowest BCUT2D eigenvalue weighted by molar-refractivity contribution is 0.0333. The van der Waals surface area contributed by atoms with E-state index in [0.29, 0.717) is 22.6 Å². The molecule has 4 aromatic rings. The van der Waals surface area contributed by atoms with E-state index in [1.165, 1.54) is 4.90 Å². The van der Waals surface area contributed by atoms with Crippen molar-refractivity contribution in [1.82, 2.24) is 19.9 Å². The van der Waals surface area contributed by atoms with Crippen molar-refractivity contribution in [2.45, 2.75) is 12.6 Å². The second-order valence-corrected chi connectivity index (χ2v) is 8.30. The lowest BCUT2D eigenvalue weighted by atomic mass is 9.95. The van der Waals surface area contributed by atoms with E-state index < -0.39 is 23.2 Å². The van der Waals surface area contributed by atoms with Crippen LogP contribution < -0.4 is 5.56 Å². The molecular weight excluding hydrogens is 474 g/mol. The average molecular weight is 489 g/mol. The van der Waals surface area contributed by atoms with Crippen LogP contribution in [0.1, 0.15) is 27.8 Å². The van der Waals surface area contributed by atoms with Crippen LogP contribution >= 0.6 is 15.9 Å². The quantitative estimate of drug-likeness (QED) is 0.449. The molecule has 5 rings (SSSR count). The van der Waals surface area contributed by atoms with Gasteiger partial charge in [0.25, 0.3) is 11.5 Å². The van der Waals surface area contributed by atoms with Crippen molar-refractivity contribution in [2.24, 2.45) is 0 Å². The normalized spacial score (nSPS) is 15.9. The largest absolute Gasteiger partial charge is 0.373 e. The van der Waals surface area contributed by atoms with Gasteiger partial charge in [0.05, 0.1) is 24.6 Å². The SMILES string of the molecule is CN(C(=O)c1cc2cc(Br)cnc2[nH]1)C1COCc2[nH]c(=O)c3cc(F)c(F)cc3c21. The number of ether oxygens (including phenoxy) is 1. The third kappa shape index (κ3) is 3.22. The zero-order valence-electron chi connectivity index (χ0n) is 16.1. The first-order valence-electron chi connectivity index (χ1n) is 9.36. The molecule has 0 saturated carbocycles. The summed E-state index contributed by atoms with van der Waals surface area (Å²) < 4.78 is 34.2. The molecule has 0 radical (unpaired) electrons. The maximum absolute atomic E-state index is 14.0. The minimum absolute atomic E-state index is 0.0186. The number of halogens is 3. The topological polar surface area (TPSA) is 91.1 Å². The number of benzene rings is 1. The number of amides is 1. The van der Waals surface area contributed by atoms with Gasteiger partial charge in [-0.05, 0) is 45.6 Å². The Morgan fingerprint density at radius 2 is 1.94 bits per heavy atom. The number of fused-ring (bicyclic) bond motifs is 4. The second-order valence-electron chi connectivity index (χ2n) is 7.38. The summed E-state index contributed by atoms with van der Waals surface area (Å²) in [6.45, 7) is 0.238. The first-order chi connectivity index (χ1) is 14.8. The molecule has 7 nitrogen and oxygen atoms in total. The summed E-state index contributed by atoms with van der Waals surface area (Å²) in [6, 6.07) is 4.78. The van der Waals surface area contributed by atoms with E-state index >= 15 is 0 Å². The van der Waals surface area contributed by atoms with Crippen molar-refractivity contribution in [3.63, 3.8) is 0 Å². The number of carbonyl (C=O) groups is 1. The third-order valence-corrected chi connectivity index (χ3v) is 5.93. The number of rotatable bonds is 2. The first kappa shape index (κ1) is 19.8. The number of pyridine rings is 2. The molecule has 158 valence electrons. The van der Waals surface area contributed by atoms with Crippen molar-refractivity contribution in [1.29, 1.82) is 0 Å². The van der Waals surface area contributed by atoms with Crippen LogP contribution in [0.15, 0.2) is 39.7 Å². The van der Waals surface area contributed by atoms with E-state index in [9.17, 15) is 18.4 Å². The van der Waals surface area contributed by atoms with Crippen LogP contribution in [0, 0.1) is 11.6 Å². The van der Waals surface area contributed by atoms with Gasteiger partial charge in [-0.15, -0.1) is 0 Å². The third-order valence-electron chi connectivity index (χ3n) is 5.50. The van der Waals surface area contributed by atoms with Gasteiger partial charge < -0.3 is 19.6 Å². The molecule has 1 aliphatic heterocycles. The van der Waals surface area contributed by atoms with E-state index in [-0.39, 0.29) is 29.9 Å². The summed E-state index contributed by atoms with van der Waals surface area (Å²) in [5.74, 6) is -2.51. The Morgan fingerprint density at radius 3 is 2.71 bits per heavy atom. The number of aromatic nitrogens is 3. The Morgan fingerprint density at radius 1 is 1.19 bits per heavy atom. The fourth-order valence-electron chi connectivity index (χ4n) is 3.98. The number of likely N-dealkylation sites (N-methyl/N-ethyl adjacent to an activating group) is 1. The number of hydrogen-bond donors (Lipinski definition) is 2. The van der Waals surface area contributed by atoms with Gasteiger partial charge in [-0.25, -0.2) is 13.8 Å². The number of H-pyrrole nitrogens is 2. The van der Waals surface area contributed by atoms with Crippen LogP contribution in [-0.2, 0) is 11.3 Å². The Balaban J connectivity index is 1.61. The second kappa shape index (κ2) is 7.24. The predicted molar refractivity (Wildman–Crippen MR) is 113 cm³/mol. The Labute approximate surface area is 182 Å². The molecule has 0 fully saturated rings. The van der Waals surface area contributed by atoms with Gasteiger partial charge >= 0.3 is 0 Å². The van der Waals surface area contributed by atoms with Crippen molar-refractivity contribution in [3.8, 4) is 0 Å². The highest BCUT2D eigenvalue weighted by Crippen LogP contribution is 2.34. The molecule has 0 saturated heterocycles. The van der Waals surface area contributed by atoms with Crippen LogP contribution in [-0.4, -0.2) is 39.4 Å². The summed E-state index contributed by atoms with van der Waals surface area (Å²) >= 11 is 3.35. The minimum atomic E-state index is -1.11. The maximum Gasteiger partial charge on any atom is 0.270 e. The Bertz CT molecular complexity index is 1430. The molecule has 3 aromatic heterocycles. The molecular formula is C21H15BrF2N4O3. The van der Waals surface area contributed by atoms with E-state index in [1.807, 2.05) is 6.07 Å². The van der Waals surface area contributed by atoms with Gasteiger partial charge in [0.1, 0.15) is 11.3 Å². The van der Waals surface area contributed by atoms with E-state index in [4.69, 9.17) is 4.74 Å². The molecule has 4 heterocycles. The standard InChI is InChI=1S/C21H15BrF2N4O3/c1-28(21(30)15-3-9-2-10(22)6-25-19(9)26-15)17-8-31-7-16-18(17)11-4-13(23)14(24)5-12(11)20(29)27-16/h2-6,17H,7-8H2,1H3,(H,25,26)(H,27,29). The molecule has 1 atom stereocenters. The molecule has 0 aliphatic carbocycles. The van der Waals surface area contributed by atoms with Crippen LogP contribution in [0.3, 0.4) is 0 Å². The number of nitrogens with zero attached hydrogens (tertiary/aromatic N) is 2. The summed E-state index contributed by atoms with van der Waals surface area (Å²) in [4.78, 5) is 37.0. The number of aromatic amines is 2. The van der Waals surface area contributed by atoms with Gasteiger partial charge in [-0.3, -0.25) is 9.59 Å². The molecule has 10 heteroatoms. The fraction of sp³-hybridized carbons (Fsp3) is 0.190. The lowest BCUT2D eigenvalue weighted by Gasteiger charge is -2.33. The van der Waals surface area contributed by atoms with Gasteiger partial charge in [0.15, 0.2) is 11.6 Å². The zero-order valence-corrected chi connectivity index (χ0v) is 17.7. The number of carbonyl (C=O) groups excluding carboxylic acids is 1. The zero-order chi connectivity index (χ0) is 21.9. The van der Waals surface area contributed by atoms with Gasteiger partial charge in [0, 0.05) is 34.4 Å². The van der Waals surface area contributed by atoms with Crippen molar-refractivity contribution in [3.05, 3.63) is 73.9 Å². The highest BCUT2D eigenvalue weighted by Gasteiger charge is 2.32. The Kier molecular flexibility index (Phi) is 4.63. The van der Waals surface area contributed by atoms with Crippen LogP contribution in [0.4, 0.5) is 8.78 Å². The van der Waals surface area contributed by atoms with Crippen molar-refractivity contribution in [2.75, 3.05) is 13.7 Å². The maximum atomic E-state index is 14.0. The van der Waals surface area contributed by atoms with E-state index in [2.05, 4.69) is 30.9 Å². The highest BCUT2D eigenvalue weighted by molar-refractivity contribution is 9.10. The molecule has 1 amide bonds. The molecule has 1 unspecified atom stereocenters. The Hall–Kier alpha value is -3.11. The van der Waals surface area contributed by atoms with E-state index in [1.54, 1.807) is 19.3 Å². The number of nitrogens with one attached hydrogen (secondary N) is 2. The summed E-state index contributed by atoms with van der Waals surface area (Å²) in [7, 11) is 1.59. The van der Waals surface area contributed by atoms with Crippen LogP contribution in [0.25, 0.3) is 21.8 Å². The van der Waals surface area contributed by atoms with Crippen LogP contribution in [0.5, 0.6) is 0 Å². The van der Waals surface area contributed by atoms with Gasteiger partial charge in [-0.1, -0.05) is 0 Å². The monoisotopic (exact) mass is 488 g/mol. The van der Waals surface area contributed by atoms with Gasteiger partial charge in [-0.2, -0.15) is 0 Å². The van der Waals surface area contributed by atoms with Crippen molar-refractivity contribution >= 4 is 43.6 Å². The molecule has 1 aliphatic rings. The average Bonchev–Trinajstić information content (AvgIpc) is 3.17. The summed E-state index contributed by atoms with van der Waals surface area (Å²) in [5.41, 5.74) is 1.31. The first-order valence-corrected chi connectivity index (χ1v) is 10.2. The molecule has 2 N–H and O–H groups in total. The smallest absolute Gasteiger partial charge is 0.270 e. The van der Waals surface area contributed by atoms with Gasteiger partial charge in [0.2, 0.25) is 0 Å². The molecule has 31 heavy (non-hydrogen) atoms. The highest BCUT2D eigenvalue weighted by atomic mass is 79.9. The lowest BCUT2D eigenvalue weighted by Crippen LogP contribution is -2.37. The fourth-order valence-corrected chi connectivity index (χ4v) is 4.33. The number of hydrogen-bond acceptors (Lipinski definition) is 4. The van der Waals surface area contributed by atoms with Crippen LogP contribution in [0.2, 0.25) is 0 Å². The summed E-state index contributed by atoms with van der Waals surface area (Å²) in [5, 5.41) is 1.04. The van der Waals surface area contributed by atoms with E-state index in [0.717, 1.165) is 22.0 Å². The summed E-state index contributed by atoms with van der Waals surface area (Å²) in [6.07, 6.45) is 1.62. The van der Waals surface area contributed by atoms with Crippen molar-refractivity contribution < 1.29 is 18.3 Å². The predicted octanol–water partition coefficient (Wildman–Crippen LogP) is 3.79. The minimum Gasteiger partial charge on any atom is -0.373 e. The molecule has 0 bridgehead atoms. The molecule has 0 spiro atoms.